The highest BCUT2D eigenvalue weighted by Crippen LogP contribution is 2.34. The van der Waals surface area contributed by atoms with Gasteiger partial charge in [-0.3, -0.25) is 4.90 Å². The standard InChI is InChI=1S/C17H34N2O/c1-5-8-15-13-18-17(9-6-7-10-17)14-19(15)12-11-16(2,3)20-4/h15,18H,5-14H2,1-4H3. The molecule has 118 valence electrons. The molecule has 1 atom stereocenters. The first kappa shape index (κ1) is 16.3. The Bertz CT molecular complexity index is 297. The van der Waals surface area contributed by atoms with Crippen LogP contribution in [0.1, 0.15) is 65.7 Å². The van der Waals surface area contributed by atoms with E-state index in [9.17, 15) is 0 Å². The van der Waals surface area contributed by atoms with E-state index < -0.39 is 0 Å². The summed E-state index contributed by atoms with van der Waals surface area (Å²) in [6.45, 7) is 10.3. The molecule has 1 N–H and O–H groups in total. The van der Waals surface area contributed by atoms with Gasteiger partial charge in [0.1, 0.15) is 0 Å². The molecule has 1 saturated carbocycles. The molecule has 3 heteroatoms. The molecular formula is C17H34N2O. The van der Waals surface area contributed by atoms with Gasteiger partial charge >= 0.3 is 0 Å². The Hall–Kier alpha value is -0.120. The van der Waals surface area contributed by atoms with Crippen molar-refractivity contribution in [2.75, 3.05) is 26.7 Å². The van der Waals surface area contributed by atoms with Gasteiger partial charge in [0.05, 0.1) is 5.60 Å². The Balaban J connectivity index is 1.95. The van der Waals surface area contributed by atoms with Crippen LogP contribution in [0.2, 0.25) is 0 Å². The number of piperazine rings is 1. The second-order valence-corrected chi connectivity index (χ2v) is 7.50. The van der Waals surface area contributed by atoms with E-state index in [0.717, 1.165) is 12.5 Å². The van der Waals surface area contributed by atoms with E-state index in [1.165, 1.54) is 58.2 Å². The smallest absolute Gasteiger partial charge is 0.0634 e. The third-order valence-corrected chi connectivity index (χ3v) is 5.47. The quantitative estimate of drug-likeness (QED) is 0.810. The lowest BCUT2D eigenvalue weighted by Gasteiger charge is -2.47. The van der Waals surface area contributed by atoms with Crippen molar-refractivity contribution in [2.24, 2.45) is 0 Å². The maximum atomic E-state index is 5.60. The summed E-state index contributed by atoms with van der Waals surface area (Å²) in [7, 11) is 1.83. The molecular weight excluding hydrogens is 248 g/mol. The van der Waals surface area contributed by atoms with E-state index in [4.69, 9.17) is 4.74 Å². The first-order valence-corrected chi connectivity index (χ1v) is 8.54. The first-order valence-electron chi connectivity index (χ1n) is 8.54. The molecule has 0 radical (unpaired) electrons. The molecule has 0 aromatic heterocycles. The van der Waals surface area contributed by atoms with Crippen LogP contribution in [-0.4, -0.2) is 48.8 Å². The van der Waals surface area contributed by atoms with Crippen molar-refractivity contribution in [1.29, 1.82) is 0 Å². The van der Waals surface area contributed by atoms with Crippen molar-refractivity contribution in [3.8, 4) is 0 Å². The molecule has 1 spiro atoms. The summed E-state index contributed by atoms with van der Waals surface area (Å²) < 4.78 is 5.60. The van der Waals surface area contributed by atoms with Gasteiger partial charge < -0.3 is 10.1 Å². The van der Waals surface area contributed by atoms with Crippen molar-refractivity contribution < 1.29 is 4.74 Å². The Morgan fingerprint density at radius 3 is 2.60 bits per heavy atom. The summed E-state index contributed by atoms with van der Waals surface area (Å²) in [6, 6.07) is 0.721. The minimum Gasteiger partial charge on any atom is -0.379 e. The lowest BCUT2D eigenvalue weighted by Crippen LogP contribution is -2.63. The van der Waals surface area contributed by atoms with Crippen LogP contribution in [0.4, 0.5) is 0 Å². The third-order valence-electron chi connectivity index (χ3n) is 5.47. The minimum atomic E-state index is 0.00444. The molecule has 1 heterocycles. The number of nitrogens with one attached hydrogen (secondary N) is 1. The second-order valence-electron chi connectivity index (χ2n) is 7.50. The number of methoxy groups -OCH3 is 1. The highest BCUT2D eigenvalue weighted by atomic mass is 16.5. The molecule has 1 unspecified atom stereocenters. The molecule has 0 bridgehead atoms. The van der Waals surface area contributed by atoms with E-state index in [1.54, 1.807) is 0 Å². The molecule has 1 aliphatic carbocycles. The van der Waals surface area contributed by atoms with Crippen LogP contribution in [0.5, 0.6) is 0 Å². The third kappa shape index (κ3) is 3.96. The lowest BCUT2D eigenvalue weighted by molar-refractivity contribution is -0.00653. The van der Waals surface area contributed by atoms with E-state index in [2.05, 4.69) is 31.0 Å². The summed E-state index contributed by atoms with van der Waals surface area (Å²) in [5, 5.41) is 3.90. The van der Waals surface area contributed by atoms with Crippen LogP contribution in [0.15, 0.2) is 0 Å². The molecule has 2 rings (SSSR count). The van der Waals surface area contributed by atoms with Gasteiger partial charge in [-0.05, 0) is 39.5 Å². The molecule has 1 saturated heterocycles. The van der Waals surface area contributed by atoms with Crippen LogP contribution in [0.25, 0.3) is 0 Å². The van der Waals surface area contributed by atoms with Gasteiger partial charge in [-0.2, -0.15) is 0 Å². The number of rotatable bonds is 6. The normalized spacial score (nSPS) is 27.3. The fourth-order valence-corrected chi connectivity index (χ4v) is 3.82. The fraction of sp³-hybridized carbons (Fsp3) is 1.00. The number of ether oxygens (including phenoxy) is 1. The van der Waals surface area contributed by atoms with Crippen molar-refractivity contribution in [2.45, 2.75) is 82.9 Å². The molecule has 0 aromatic rings. The summed E-state index contributed by atoms with van der Waals surface area (Å²) in [5.74, 6) is 0. The Labute approximate surface area is 125 Å². The maximum absolute atomic E-state index is 5.60. The Morgan fingerprint density at radius 2 is 2.00 bits per heavy atom. The van der Waals surface area contributed by atoms with Crippen LogP contribution in [0.3, 0.4) is 0 Å². The molecule has 20 heavy (non-hydrogen) atoms. The lowest BCUT2D eigenvalue weighted by atomic mass is 9.90. The van der Waals surface area contributed by atoms with Gasteiger partial charge in [0, 0.05) is 38.3 Å². The molecule has 2 aliphatic rings. The zero-order valence-corrected chi connectivity index (χ0v) is 14.0. The monoisotopic (exact) mass is 282 g/mol. The predicted molar refractivity (Wildman–Crippen MR) is 85.2 cm³/mol. The van der Waals surface area contributed by atoms with Crippen molar-refractivity contribution in [3.05, 3.63) is 0 Å². The van der Waals surface area contributed by atoms with E-state index >= 15 is 0 Å². The largest absolute Gasteiger partial charge is 0.379 e. The van der Waals surface area contributed by atoms with Gasteiger partial charge in [-0.1, -0.05) is 26.2 Å². The highest BCUT2D eigenvalue weighted by Gasteiger charge is 2.40. The van der Waals surface area contributed by atoms with Gasteiger partial charge in [0.15, 0.2) is 0 Å². The van der Waals surface area contributed by atoms with Crippen molar-refractivity contribution in [1.82, 2.24) is 10.2 Å². The van der Waals surface area contributed by atoms with Gasteiger partial charge in [-0.25, -0.2) is 0 Å². The van der Waals surface area contributed by atoms with Crippen molar-refractivity contribution in [3.63, 3.8) is 0 Å². The predicted octanol–water partition coefficient (Wildman–Crippen LogP) is 3.19. The van der Waals surface area contributed by atoms with Crippen molar-refractivity contribution >= 4 is 0 Å². The Kier molecular flexibility index (Phi) is 5.49. The number of hydrogen-bond acceptors (Lipinski definition) is 3. The molecule has 1 aliphatic heterocycles. The van der Waals surface area contributed by atoms with Gasteiger partial charge in [0.2, 0.25) is 0 Å². The maximum Gasteiger partial charge on any atom is 0.0634 e. The molecule has 2 fully saturated rings. The van der Waals surface area contributed by atoms with E-state index in [-0.39, 0.29) is 5.60 Å². The minimum absolute atomic E-state index is 0.00444. The molecule has 3 nitrogen and oxygen atoms in total. The van der Waals surface area contributed by atoms with Crippen LogP contribution < -0.4 is 5.32 Å². The Morgan fingerprint density at radius 1 is 1.30 bits per heavy atom. The fourth-order valence-electron chi connectivity index (χ4n) is 3.82. The average molecular weight is 282 g/mol. The van der Waals surface area contributed by atoms with Crippen LogP contribution in [-0.2, 0) is 4.74 Å². The first-order chi connectivity index (χ1) is 9.50. The second kappa shape index (κ2) is 6.76. The molecule has 0 amide bonds. The SMILES string of the molecule is CCCC1CNC2(CCCC2)CN1CCC(C)(C)OC. The highest BCUT2D eigenvalue weighted by molar-refractivity contribution is 5.01. The summed E-state index contributed by atoms with van der Waals surface area (Å²) in [4.78, 5) is 2.76. The summed E-state index contributed by atoms with van der Waals surface area (Å²) in [5.41, 5.74) is 0.436. The van der Waals surface area contributed by atoms with Crippen LogP contribution >= 0.6 is 0 Å². The molecule has 0 aromatic carbocycles. The van der Waals surface area contributed by atoms with E-state index in [1.807, 2.05) is 7.11 Å². The van der Waals surface area contributed by atoms with Gasteiger partial charge in [-0.15, -0.1) is 0 Å². The average Bonchev–Trinajstić information content (AvgIpc) is 2.88. The summed E-state index contributed by atoms with van der Waals surface area (Å²) >= 11 is 0. The van der Waals surface area contributed by atoms with Gasteiger partial charge in [0.25, 0.3) is 0 Å². The number of hydrogen-bond donors (Lipinski definition) is 1. The summed E-state index contributed by atoms with van der Waals surface area (Å²) in [6.07, 6.45) is 9.28. The van der Waals surface area contributed by atoms with E-state index in [0.29, 0.717) is 5.54 Å². The topological polar surface area (TPSA) is 24.5 Å². The zero-order valence-electron chi connectivity index (χ0n) is 14.0. The van der Waals surface area contributed by atoms with Crippen LogP contribution in [0, 0.1) is 0 Å². The number of nitrogens with zero attached hydrogens (tertiary/aromatic N) is 1. The zero-order chi connectivity index (χ0) is 14.6.